The average Bonchev–Trinajstić information content (AvgIpc) is 2.62. The van der Waals surface area contributed by atoms with E-state index >= 15 is 0 Å². The normalized spacial score (nSPS) is 9.80. The van der Waals surface area contributed by atoms with Crippen molar-refractivity contribution in [3.05, 3.63) is 64.2 Å². The molecule has 0 unspecified atom stereocenters. The second kappa shape index (κ2) is 8.34. The predicted octanol–water partition coefficient (Wildman–Crippen LogP) is 1.58. The summed E-state index contributed by atoms with van der Waals surface area (Å²) in [6.07, 6.45) is 3.80. The lowest BCUT2D eigenvalue weighted by molar-refractivity contribution is 0.0524. The molecule has 3 rings (SSSR count). The monoisotopic (exact) mass is 340 g/mol. The lowest BCUT2D eigenvalue weighted by Gasteiger charge is -2.02. The molecule has 0 spiro atoms. The van der Waals surface area contributed by atoms with E-state index in [1.807, 2.05) is 0 Å². The Hall–Kier alpha value is -3.55. The number of aldehydes is 1. The summed E-state index contributed by atoms with van der Waals surface area (Å²) in [6, 6.07) is 8.27. The van der Waals surface area contributed by atoms with Crippen LogP contribution in [-0.4, -0.2) is 33.8 Å². The minimum atomic E-state index is -0.616. The van der Waals surface area contributed by atoms with Crippen molar-refractivity contribution in [1.82, 2.24) is 15.0 Å². The van der Waals surface area contributed by atoms with Crippen LogP contribution in [0.5, 0.6) is 0 Å². The van der Waals surface area contributed by atoms with Crippen molar-refractivity contribution in [2.75, 3.05) is 12.3 Å². The number of fused-ring (bicyclic) bond motifs is 1. The van der Waals surface area contributed by atoms with Crippen molar-refractivity contribution in [1.29, 1.82) is 0 Å². The first kappa shape index (κ1) is 17.8. The van der Waals surface area contributed by atoms with E-state index in [-0.39, 0.29) is 18.0 Å². The number of nitrogens with one attached hydrogen (secondary N) is 1. The van der Waals surface area contributed by atoms with Gasteiger partial charge in [0.15, 0.2) is 6.29 Å². The summed E-state index contributed by atoms with van der Waals surface area (Å²) >= 11 is 0. The zero-order valence-electron chi connectivity index (χ0n) is 13.4. The molecule has 0 amide bonds. The third-order valence-corrected chi connectivity index (χ3v) is 3.11. The highest BCUT2D eigenvalue weighted by Crippen LogP contribution is 2.08. The molecule has 3 aromatic rings. The first-order chi connectivity index (χ1) is 12.1. The summed E-state index contributed by atoms with van der Waals surface area (Å²) < 4.78 is 4.78. The number of nitrogen functional groups attached to an aromatic ring is 1. The Bertz CT molecular complexity index is 953. The van der Waals surface area contributed by atoms with E-state index in [1.165, 1.54) is 6.07 Å². The van der Waals surface area contributed by atoms with Gasteiger partial charge in [-0.1, -0.05) is 0 Å². The maximum Gasteiger partial charge on any atom is 0.343 e. The molecule has 0 saturated heterocycles. The summed E-state index contributed by atoms with van der Waals surface area (Å²) in [5.74, 6) is -0.331. The molecule has 0 aliphatic carbocycles. The Kier molecular flexibility index (Phi) is 5.94. The van der Waals surface area contributed by atoms with E-state index in [1.54, 1.807) is 43.6 Å². The van der Waals surface area contributed by atoms with Crippen LogP contribution < -0.4 is 11.3 Å². The summed E-state index contributed by atoms with van der Waals surface area (Å²) in [5, 5.41) is 0.699. The van der Waals surface area contributed by atoms with Crippen molar-refractivity contribution >= 4 is 29.1 Å². The molecule has 8 heteroatoms. The minimum Gasteiger partial charge on any atom is -0.462 e. The third-order valence-electron chi connectivity index (χ3n) is 3.11. The molecule has 0 saturated carbocycles. The quantitative estimate of drug-likeness (QED) is 0.547. The van der Waals surface area contributed by atoms with Gasteiger partial charge in [-0.3, -0.25) is 9.59 Å². The van der Waals surface area contributed by atoms with Crippen molar-refractivity contribution in [2.45, 2.75) is 6.92 Å². The SMILES string of the molecule is CCOC(=O)c1cc2cccnc2[nH]c1=O.Nc1ncccc1C=O. The molecule has 128 valence electrons. The van der Waals surface area contributed by atoms with Gasteiger partial charge in [-0.05, 0) is 37.3 Å². The molecule has 0 fully saturated rings. The van der Waals surface area contributed by atoms with Crippen LogP contribution in [0.3, 0.4) is 0 Å². The molecule has 3 aromatic heterocycles. The maximum atomic E-state index is 11.6. The molecule has 0 aromatic carbocycles. The van der Waals surface area contributed by atoms with Gasteiger partial charge in [0.2, 0.25) is 0 Å². The number of esters is 1. The van der Waals surface area contributed by atoms with Gasteiger partial charge < -0.3 is 15.5 Å². The van der Waals surface area contributed by atoms with E-state index in [2.05, 4.69) is 15.0 Å². The van der Waals surface area contributed by atoms with Crippen LogP contribution in [0.4, 0.5) is 5.82 Å². The number of nitrogens with two attached hydrogens (primary N) is 1. The fourth-order valence-electron chi connectivity index (χ4n) is 1.92. The third kappa shape index (κ3) is 4.47. The second-order valence-electron chi connectivity index (χ2n) is 4.77. The molecule has 0 bridgehead atoms. The summed E-state index contributed by atoms with van der Waals surface area (Å²) in [5.41, 5.74) is 5.71. The average molecular weight is 340 g/mol. The van der Waals surface area contributed by atoms with Gasteiger partial charge in [0, 0.05) is 17.8 Å². The summed E-state index contributed by atoms with van der Waals surface area (Å²) in [6.45, 7) is 1.93. The highest BCUT2D eigenvalue weighted by Gasteiger charge is 2.12. The number of anilines is 1. The molecule has 3 heterocycles. The van der Waals surface area contributed by atoms with Gasteiger partial charge in [0.25, 0.3) is 5.56 Å². The van der Waals surface area contributed by atoms with Gasteiger partial charge in [-0.2, -0.15) is 0 Å². The topological polar surface area (TPSA) is 128 Å². The van der Waals surface area contributed by atoms with E-state index in [4.69, 9.17) is 10.5 Å². The molecule has 0 atom stereocenters. The fourth-order valence-corrected chi connectivity index (χ4v) is 1.92. The Morgan fingerprint density at radius 3 is 2.64 bits per heavy atom. The molecule has 8 nitrogen and oxygen atoms in total. The van der Waals surface area contributed by atoms with Crippen molar-refractivity contribution in [2.24, 2.45) is 0 Å². The molecule has 0 aliphatic heterocycles. The number of carbonyl (C=O) groups excluding carboxylic acids is 2. The molecular formula is C17H16N4O4. The molecule has 3 N–H and O–H groups in total. The van der Waals surface area contributed by atoms with E-state index in [9.17, 15) is 14.4 Å². The van der Waals surface area contributed by atoms with Crippen LogP contribution >= 0.6 is 0 Å². The number of aromatic amines is 1. The lowest BCUT2D eigenvalue weighted by atomic mass is 10.2. The fraction of sp³-hybridized carbons (Fsp3) is 0.118. The summed E-state index contributed by atoms with van der Waals surface area (Å²) in [7, 11) is 0. The van der Waals surface area contributed by atoms with Crippen LogP contribution in [0, 0.1) is 0 Å². The minimum absolute atomic E-state index is 0.00218. The second-order valence-corrected chi connectivity index (χ2v) is 4.77. The maximum absolute atomic E-state index is 11.6. The van der Waals surface area contributed by atoms with Crippen LogP contribution in [0.15, 0.2) is 47.5 Å². The van der Waals surface area contributed by atoms with E-state index in [0.29, 0.717) is 22.9 Å². The molecule has 0 radical (unpaired) electrons. The zero-order valence-corrected chi connectivity index (χ0v) is 13.4. The first-order valence-electron chi connectivity index (χ1n) is 7.37. The Morgan fingerprint density at radius 1 is 1.28 bits per heavy atom. The number of carbonyl (C=O) groups is 2. The summed E-state index contributed by atoms with van der Waals surface area (Å²) in [4.78, 5) is 43.3. The van der Waals surface area contributed by atoms with Crippen molar-refractivity contribution in [3.8, 4) is 0 Å². The van der Waals surface area contributed by atoms with Gasteiger partial charge >= 0.3 is 5.97 Å². The van der Waals surface area contributed by atoms with Crippen molar-refractivity contribution in [3.63, 3.8) is 0 Å². The number of nitrogens with zero attached hydrogens (tertiary/aromatic N) is 2. The number of aromatic nitrogens is 3. The zero-order chi connectivity index (χ0) is 18.2. The molecule has 25 heavy (non-hydrogen) atoms. The highest BCUT2D eigenvalue weighted by molar-refractivity contribution is 5.92. The van der Waals surface area contributed by atoms with Crippen LogP contribution in [0.1, 0.15) is 27.6 Å². The van der Waals surface area contributed by atoms with Gasteiger partial charge in [-0.25, -0.2) is 14.8 Å². The van der Waals surface area contributed by atoms with Crippen LogP contribution in [-0.2, 0) is 4.74 Å². The highest BCUT2D eigenvalue weighted by atomic mass is 16.5. The number of hydrogen-bond donors (Lipinski definition) is 2. The lowest BCUT2D eigenvalue weighted by Crippen LogP contribution is -2.19. The number of rotatable bonds is 3. The van der Waals surface area contributed by atoms with Crippen LogP contribution in [0.2, 0.25) is 0 Å². The van der Waals surface area contributed by atoms with Crippen molar-refractivity contribution < 1.29 is 14.3 Å². The Labute approximate surface area is 142 Å². The van der Waals surface area contributed by atoms with E-state index < -0.39 is 11.5 Å². The number of pyridine rings is 3. The largest absolute Gasteiger partial charge is 0.462 e. The Balaban J connectivity index is 0.000000212. The smallest absolute Gasteiger partial charge is 0.343 e. The van der Waals surface area contributed by atoms with Crippen LogP contribution in [0.25, 0.3) is 11.0 Å². The van der Waals surface area contributed by atoms with E-state index in [0.717, 1.165) is 0 Å². The number of H-pyrrole nitrogens is 1. The number of ether oxygens (including phenoxy) is 1. The molecular weight excluding hydrogens is 324 g/mol. The first-order valence-corrected chi connectivity index (χ1v) is 7.37. The predicted molar refractivity (Wildman–Crippen MR) is 92.4 cm³/mol. The number of hydrogen-bond acceptors (Lipinski definition) is 7. The molecule has 0 aliphatic rings. The standard InChI is InChI=1S/C11H10N2O3.C6H6N2O/c1-2-16-11(15)8-6-7-4-3-5-12-9(7)13-10(8)14;7-6-5(4-9)2-1-3-8-6/h3-6H,2H2,1H3,(H,12,13,14);1-4H,(H2,7,8). The van der Waals surface area contributed by atoms with Gasteiger partial charge in [0.1, 0.15) is 17.0 Å². The van der Waals surface area contributed by atoms with Gasteiger partial charge in [0.05, 0.1) is 12.2 Å². The Morgan fingerprint density at radius 2 is 2.00 bits per heavy atom. The van der Waals surface area contributed by atoms with Gasteiger partial charge in [-0.15, -0.1) is 0 Å².